The van der Waals surface area contributed by atoms with Crippen LogP contribution in [-0.2, 0) is 5.75 Å². The van der Waals surface area contributed by atoms with Gasteiger partial charge in [0.05, 0.1) is 18.9 Å². The second-order valence-electron chi connectivity index (χ2n) is 6.21. The third-order valence-corrected chi connectivity index (χ3v) is 5.46. The number of hydrogen-bond donors (Lipinski definition) is 0. The van der Waals surface area contributed by atoms with Gasteiger partial charge in [-0.3, -0.25) is 4.40 Å². The van der Waals surface area contributed by atoms with Crippen molar-refractivity contribution >= 4 is 28.3 Å². The summed E-state index contributed by atoms with van der Waals surface area (Å²) in [5.41, 5.74) is 2.78. The summed E-state index contributed by atoms with van der Waals surface area (Å²) in [5, 5.41) is 10.6. The van der Waals surface area contributed by atoms with Gasteiger partial charge in [0, 0.05) is 11.1 Å². The Hall–Kier alpha value is -3.32. The molecule has 0 saturated carbocycles. The predicted octanol–water partition coefficient (Wildman–Crippen LogP) is 4.84. The molecule has 0 bridgehead atoms. The van der Waals surface area contributed by atoms with Gasteiger partial charge in [0.15, 0.2) is 22.4 Å². The van der Waals surface area contributed by atoms with Crippen LogP contribution in [0.4, 0.5) is 0 Å². The van der Waals surface area contributed by atoms with E-state index in [-0.39, 0.29) is 0 Å². The molecule has 7 heteroatoms. The molecular formula is C21H16N4O2S. The van der Waals surface area contributed by atoms with Crippen LogP contribution in [0.3, 0.4) is 0 Å². The molecule has 5 rings (SSSR count). The van der Waals surface area contributed by atoms with Crippen LogP contribution in [0.2, 0.25) is 0 Å². The monoisotopic (exact) mass is 388 g/mol. The number of fused-ring (bicyclic) bond motifs is 3. The Kier molecular flexibility index (Phi) is 4.21. The van der Waals surface area contributed by atoms with E-state index in [0.717, 1.165) is 38.8 Å². The number of hydrogen-bond acceptors (Lipinski definition) is 6. The second kappa shape index (κ2) is 7.01. The number of ether oxygens (including phenoxy) is 1. The van der Waals surface area contributed by atoms with E-state index in [1.165, 1.54) is 0 Å². The third kappa shape index (κ3) is 2.90. The molecule has 0 saturated heterocycles. The Morgan fingerprint density at radius 3 is 2.82 bits per heavy atom. The maximum absolute atomic E-state index is 5.63. The largest absolute Gasteiger partial charge is 0.497 e. The van der Waals surface area contributed by atoms with E-state index in [4.69, 9.17) is 14.1 Å². The average molecular weight is 388 g/mol. The van der Waals surface area contributed by atoms with Crippen LogP contribution in [0.15, 0.2) is 76.5 Å². The molecule has 0 amide bonds. The molecule has 0 aliphatic carbocycles. The highest BCUT2D eigenvalue weighted by Gasteiger charge is 2.18. The summed E-state index contributed by atoms with van der Waals surface area (Å²) < 4.78 is 12.9. The Morgan fingerprint density at radius 2 is 1.96 bits per heavy atom. The molecule has 5 aromatic rings. The standard InChI is InChI=1S/C21H16N4O2S/c1-26-15-7-4-6-14(12-15)13-28-21-24-23-19-16-8-2-3-9-17(16)22-20(25(19)21)18-10-5-11-27-18/h2-12H,13H2,1H3. The molecule has 138 valence electrons. The van der Waals surface area contributed by atoms with Crippen molar-refractivity contribution in [2.45, 2.75) is 10.9 Å². The van der Waals surface area contributed by atoms with Crippen molar-refractivity contribution < 1.29 is 9.15 Å². The first kappa shape index (κ1) is 16.8. The zero-order valence-electron chi connectivity index (χ0n) is 15.1. The fraction of sp³-hybridized carbons (Fsp3) is 0.0952. The number of para-hydroxylation sites is 1. The molecule has 0 aliphatic rings. The quantitative estimate of drug-likeness (QED) is 0.402. The molecule has 0 fully saturated rings. The summed E-state index contributed by atoms with van der Waals surface area (Å²) in [7, 11) is 1.67. The number of aromatic nitrogens is 4. The highest BCUT2D eigenvalue weighted by Crippen LogP contribution is 2.30. The zero-order chi connectivity index (χ0) is 18.9. The summed E-state index contributed by atoms with van der Waals surface area (Å²) >= 11 is 1.60. The number of thioether (sulfide) groups is 1. The summed E-state index contributed by atoms with van der Waals surface area (Å²) in [4.78, 5) is 4.82. The number of methoxy groups -OCH3 is 1. The van der Waals surface area contributed by atoms with Crippen LogP contribution in [0.1, 0.15) is 5.56 Å². The smallest absolute Gasteiger partial charge is 0.197 e. The van der Waals surface area contributed by atoms with Gasteiger partial charge in [-0.1, -0.05) is 36.0 Å². The highest BCUT2D eigenvalue weighted by molar-refractivity contribution is 7.98. The maximum Gasteiger partial charge on any atom is 0.197 e. The Morgan fingerprint density at radius 1 is 1.04 bits per heavy atom. The van der Waals surface area contributed by atoms with Crippen molar-refractivity contribution in [3.05, 3.63) is 72.5 Å². The number of nitrogens with zero attached hydrogens (tertiary/aromatic N) is 4. The molecule has 2 aromatic carbocycles. The van der Waals surface area contributed by atoms with E-state index < -0.39 is 0 Å². The topological polar surface area (TPSA) is 65.5 Å². The zero-order valence-corrected chi connectivity index (χ0v) is 15.9. The van der Waals surface area contributed by atoms with Gasteiger partial charge in [-0.2, -0.15) is 0 Å². The summed E-state index contributed by atoms with van der Waals surface area (Å²) in [6.45, 7) is 0. The molecule has 0 aliphatic heterocycles. The number of furan rings is 1. The Bertz CT molecular complexity index is 1260. The van der Waals surface area contributed by atoms with Gasteiger partial charge in [-0.15, -0.1) is 10.2 Å². The normalized spacial score (nSPS) is 11.3. The molecule has 0 spiro atoms. The SMILES string of the molecule is COc1cccc(CSc2nnc3c4ccccc4nc(-c4ccco4)n23)c1. The first-order valence-electron chi connectivity index (χ1n) is 8.77. The third-order valence-electron chi connectivity index (χ3n) is 4.46. The van der Waals surface area contributed by atoms with Crippen LogP contribution in [0, 0.1) is 0 Å². The molecule has 6 nitrogen and oxygen atoms in total. The molecule has 0 radical (unpaired) electrons. The lowest BCUT2D eigenvalue weighted by Crippen LogP contribution is -1.99. The molecule has 28 heavy (non-hydrogen) atoms. The number of rotatable bonds is 5. The molecule has 0 atom stereocenters. The van der Waals surface area contributed by atoms with Gasteiger partial charge >= 0.3 is 0 Å². The van der Waals surface area contributed by atoms with Crippen LogP contribution in [0.5, 0.6) is 5.75 Å². The van der Waals surface area contributed by atoms with Gasteiger partial charge < -0.3 is 9.15 Å². The van der Waals surface area contributed by atoms with Gasteiger partial charge in [-0.05, 0) is 42.0 Å². The van der Waals surface area contributed by atoms with Gasteiger partial charge in [0.1, 0.15) is 5.75 Å². The van der Waals surface area contributed by atoms with E-state index in [9.17, 15) is 0 Å². The van der Waals surface area contributed by atoms with Crippen molar-refractivity contribution in [2.24, 2.45) is 0 Å². The first-order valence-corrected chi connectivity index (χ1v) is 9.75. The minimum Gasteiger partial charge on any atom is -0.497 e. The van der Waals surface area contributed by atoms with Crippen LogP contribution in [-0.4, -0.2) is 26.7 Å². The van der Waals surface area contributed by atoms with Crippen molar-refractivity contribution in [3.8, 4) is 17.3 Å². The van der Waals surface area contributed by atoms with Gasteiger partial charge in [0.2, 0.25) is 0 Å². The van der Waals surface area contributed by atoms with Gasteiger partial charge in [0.25, 0.3) is 0 Å². The molecule has 0 unspecified atom stereocenters. The maximum atomic E-state index is 5.63. The Labute approximate surface area is 165 Å². The number of benzene rings is 2. The second-order valence-corrected chi connectivity index (χ2v) is 7.15. The van der Waals surface area contributed by atoms with Gasteiger partial charge in [-0.25, -0.2) is 4.98 Å². The molecule has 3 heterocycles. The minimum atomic E-state index is 0.679. The summed E-state index contributed by atoms with van der Waals surface area (Å²) in [5.74, 6) is 2.95. The first-order chi connectivity index (χ1) is 13.8. The fourth-order valence-electron chi connectivity index (χ4n) is 3.13. The summed E-state index contributed by atoms with van der Waals surface area (Å²) in [6.07, 6.45) is 1.64. The lowest BCUT2D eigenvalue weighted by molar-refractivity contribution is 0.414. The van der Waals surface area contributed by atoms with E-state index in [1.54, 1.807) is 25.1 Å². The minimum absolute atomic E-state index is 0.679. The lowest BCUT2D eigenvalue weighted by Gasteiger charge is -2.08. The van der Waals surface area contributed by atoms with E-state index in [2.05, 4.69) is 16.3 Å². The average Bonchev–Trinajstić information content (AvgIpc) is 3.42. The Balaban J connectivity index is 1.62. The van der Waals surface area contributed by atoms with Crippen molar-refractivity contribution in [1.29, 1.82) is 0 Å². The van der Waals surface area contributed by atoms with E-state index in [0.29, 0.717) is 11.6 Å². The molecule has 0 N–H and O–H groups in total. The molecular weight excluding hydrogens is 372 g/mol. The van der Waals surface area contributed by atoms with Crippen molar-refractivity contribution in [3.63, 3.8) is 0 Å². The van der Waals surface area contributed by atoms with Crippen molar-refractivity contribution in [2.75, 3.05) is 7.11 Å². The van der Waals surface area contributed by atoms with E-state index in [1.807, 2.05) is 59.0 Å². The van der Waals surface area contributed by atoms with Crippen molar-refractivity contribution in [1.82, 2.24) is 19.6 Å². The van der Waals surface area contributed by atoms with Crippen LogP contribution >= 0.6 is 11.8 Å². The predicted molar refractivity (Wildman–Crippen MR) is 109 cm³/mol. The highest BCUT2D eigenvalue weighted by atomic mass is 32.2. The fourth-order valence-corrected chi connectivity index (χ4v) is 4.01. The summed E-state index contributed by atoms with van der Waals surface area (Å²) in [6, 6.07) is 19.7. The molecule has 3 aromatic heterocycles. The lowest BCUT2D eigenvalue weighted by atomic mass is 10.2. The van der Waals surface area contributed by atoms with Crippen LogP contribution < -0.4 is 4.74 Å². The van der Waals surface area contributed by atoms with Crippen LogP contribution in [0.25, 0.3) is 28.1 Å². The van der Waals surface area contributed by atoms with E-state index >= 15 is 0 Å².